The molecule has 2 fully saturated rings. The van der Waals surface area contributed by atoms with Gasteiger partial charge in [-0.15, -0.1) is 0 Å². The fraction of sp³-hybridized carbons (Fsp3) is 0.562. The lowest BCUT2D eigenvalue weighted by molar-refractivity contribution is -0.121. The maximum Gasteiger partial charge on any atom is 0.227 e. The number of methoxy groups -OCH3 is 2. The quantitative estimate of drug-likeness (QED) is 0.922. The minimum Gasteiger partial charge on any atom is -0.495 e. The van der Waals surface area contributed by atoms with Crippen molar-refractivity contribution in [1.82, 2.24) is 0 Å². The molecule has 2 aliphatic rings. The number of ether oxygens (including phenoxy) is 2. The summed E-state index contributed by atoms with van der Waals surface area (Å²) in [6.45, 7) is 0. The summed E-state index contributed by atoms with van der Waals surface area (Å²) < 4.78 is 10.5. The molecule has 0 heterocycles. The Morgan fingerprint density at radius 3 is 2.52 bits per heavy atom. The van der Waals surface area contributed by atoms with Gasteiger partial charge >= 0.3 is 0 Å². The van der Waals surface area contributed by atoms with Crippen molar-refractivity contribution in [2.75, 3.05) is 19.5 Å². The van der Waals surface area contributed by atoms with Crippen LogP contribution in [-0.4, -0.2) is 20.1 Å². The summed E-state index contributed by atoms with van der Waals surface area (Å²) in [5.74, 6) is 2.60. The topological polar surface area (TPSA) is 47.6 Å². The van der Waals surface area contributed by atoms with Crippen molar-refractivity contribution >= 4 is 23.2 Å². The number of nitrogens with one attached hydrogen (secondary N) is 1. The lowest BCUT2D eigenvalue weighted by atomic mass is 9.88. The first-order valence-corrected chi connectivity index (χ1v) is 7.72. The van der Waals surface area contributed by atoms with Crippen molar-refractivity contribution in [2.45, 2.75) is 25.7 Å². The predicted molar refractivity (Wildman–Crippen MR) is 82.1 cm³/mol. The second-order valence-corrected chi connectivity index (χ2v) is 6.36. The third-order valence-electron chi connectivity index (χ3n) is 4.81. The van der Waals surface area contributed by atoms with Gasteiger partial charge in [-0.3, -0.25) is 4.79 Å². The molecule has 114 valence electrons. The zero-order chi connectivity index (χ0) is 15.0. The van der Waals surface area contributed by atoms with Gasteiger partial charge in [0.05, 0.1) is 24.9 Å². The van der Waals surface area contributed by atoms with E-state index in [1.807, 2.05) is 0 Å². The highest BCUT2D eigenvalue weighted by molar-refractivity contribution is 6.32. The minimum absolute atomic E-state index is 0.0878. The molecule has 1 N–H and O–H groups in total. The van der Waals surface area contributed by atoms with E-state index in [-0.39, 0.29) is 11.8 Å². The number of amides is 1. The van der Waals surface area contributed by atoms with E-state index in [4.69, 9.17) is 21.1 Å². The first-order chi connectivity index (χ1) is 10.1. The number of carbonyl (C=O) groups is 1. The number of rotatable bonds is 4. The Kier molecular flexibility index (Phi) is 3.98. The summed E-state index contributed by atoms with van der Waals surface area (Å²) in [5.41, 5.74) is 0.617. The number of halogens is 1. The van der Waals surface area contributed by atoms with E-state index in [2.05, 4.69) is 5.32 Å². The van der Waals surface area contributed by atoms with Gasteiger partial charge in [0.25, 0.3) is 0 Å². The van der Waals surface area contributed by atoms with Crippen molar-refractivity contribution in [2.24, 2.45) is 17.8 Å². The molecular formula is C16H20ClNO3. The average molecular weight is 310 g/mol. The van der Waals surface area contributed by atoms with Crippen LogP contribution >= 0.6 is 11.6 Å². The van der Waals surface area contributed by atoms with Crippen LogP contribution in [0.2, 0.25) is 5.02 Å². The van der Waals surface area contributed by atoms with E-state index >= 15 is 0 Å². The highest BCUT2D eigenvalue weighted by Crippen LogP contribution is 2.49. The van der Waals surface area contributed by atoms with Gasteiger partial charge in [0.15, 0.2) is 0 Å². The van der Waals surface area contributed by atoms with Crippen LogP contribution in [0.3, 0.4) is 0 Å². The molecule has 1 amide bonds. The van der Waals surface area contributed by atoms with Crippen molar-refractivity contribution in [3.63, 3.8) is 0 Å². The Bertz CT molecular complexity index is 561. The fourth-order valence-corrected chi connectivity index (χ4v) is 3.98. The fourth-order valence-electron chi connectivity index (χ4n) is 3.75. The Labute approximate surface area is 129 Å². The Morgan fingerprint density at radius 2 is 1.95 bits per heavy atom. The van der Waals surface area contributed by atoms with Crippen LogP contribution in [-0.2, 0) is 4.79 Å². The number of fused-ring (bicyclic) bond motifs is 2. The van der Waals surface area contributed by atoms with E-state index in [0.29, 0.717) is 28.1 Å². The number of hydrogen-bond acceptors (Lipinski definition) is 3. The third-order valence-corrected chi connectivity index (χ3v) is 5.10. The summed E-state index contributed by atoms with van der Waals surface area (Å²) in [7, 11) is 3.11. The van der Waals surface area contributed by atoms with Crippen LogP contribution in [0.15, 0.2) is 12.1 Å². The first-order valence-electron chi connectivity index (χ1n) is 7.34. The molecule has 2 bridgehead atoms. The van der Waals surface area contributed by atoms with E-state index < -0.39 is 0 Å². The summed E-state index contributed by atoms with van der Waals surface area (Å²) in [4.78, 5) is 12.5. The smallest absolute Gasteiger partial charge is 0.227 e. The molecular weight excluding hydrogens is 290 g/mol. The molecule has 0 spiro atoms. The number of benzene rings is 1. The lowest BCUT2D eigenvalue weighted by Gasteiger charge is -2.21. The zero-order valence-corrected chi connectivity index (χ0v) is 13.1. The van der Waals surface area contributed by atoms with Crippen LogP contribution in [0, 0.1) is 17.8 Å². The maximum absolute atomic E-state index is 12.5. The molecule has 0 radical (unpaired) electrons. The molecule has 5 heteroatoms. The Hall–Kier alpha value is -1.42. The molecule has 2 saturated carbocycles. The van der Waals surface area contributed by atoms with Gasteiger partial charge in [0.2, 0.25) is 5.91 Å². The highest BCUT2D eigenvalue weighted by Gasteiger charge is 2.43. The van der Waals surface area contributed by atoms with Crippen molar-refractivity contribution in [3.05, 3.63) is 17.2 Å². The van der Waals surface area contributed by atoms with Crippen LogP contribution in [0.4, 0.5) is 5.69 Å². The second-order valence-electron chi connectivity index (χ2n) is 5.96. The summed E-state index contributed by atoms with van der Waals surface area (Å²) in [6.07, 6.45) is 4.69. The Balaban J connectivity index is 1.79. The molecule has 21 heavy (non-hydrogen) atoms. The highest BCUT2D eigenvalue weighted by atomic mass is 35.5. The molecule has 0 unspecified atom stereocenters. The van der Waals surface area contributed by atoms with Crippen molar-refractivity contribution < 1.29 is 14.3 Å². The van der Waals surface area contributed by atoms with Gasteiger partial charge < -0.3 is 14.8 Å². The van der Waals surface area contributed by atoms with E-state index in [9.17, 15) is 4.79 Å². The van der Waals surface area contributed by atoms with Gasteiger partial charge in [-0.1, -0.05) is 18.0 Å². The average Bonchev–Trinajstić information content (AvgIpc) is 3.11. The first kappa shape index (κ1) is 14.5. The third kappa shape index (κ3) is 2.69. The molecule has 3 rings (SSSR count). The summed E-state index contributed by atoms with van der Waals surface area (Å²) in [6, 6.07) is 3.38. The van der Waals surface area contributed by atoms with Gasteiger partial charge in [-0.25, -0.2) is 0 Å². The molecule has 1 aromatic rings. The van der Waals surface area contributed by atoms with E-state index in [1.165, 1.54) is 19.3 Å². The molecule has 0 saturated heterocycles. The molecule has 3 atom stereocenters. The normalized spacial score (nSPS) is 26.7. The van der Waals surface area contributed by atoms with Crippen molar-refractivity contribution in [1.29, 1.82) is 0 Å². The number of hydrogen-bond donors (Lipinski definition) is 1. The second kappa shape index (κ2) is 5.76. The van der Waals surface area contributed by atoms with Gasteiger partial charge in [0, 0.05) is 18.1 Å². The van der Waals surface area contributed by atoms with Gasteiger partial charge in [-0.05, 0) is 31.1 Å². The summed E-state index contributed by atoms with van der Waals surface area (Å²) >= 11 is 6.08. The SMILES string of the molecule is COc1cc(NC(=O)[C@H]2C[C@H]3CC[C@@H]2C3)c(OC)cc1Cl. The Morgan fingerprint density at radius 1 is 1.19 bits per heavy atom. The largest absolute Gasteiger partial charge is 0.495 e. The molecule has 2 aliphatic carbocycles. The number of carbonyl (C=O) groups excluding carboxylic acids is 1. The molecule has 0 aliphatic heterocycles. The monoisotopic (exact) mass is 309 g/mol. The number of anilines is 1. The van der Waals surface area contributed by atoms with Crippen molar-refractivity contribution in [3.8, 4) is 11.5 Å². The predicted octanol–water partition coefficient (Wildman–Crippen LogP) is 3.73. The maximum atomic E-state index is 12.5. The molecule has 4 nitrogen and oxygen atoms in total. The lowest BCUT2D eigenvalue weighted by Crippen LogP contribution is -2.27. The standard InChI is InChI=1S/C16H20ClNO3/c1-20-14-8-13(15(21-2)7-12(14)17)18-16(19)11-6-9-3-4-10(11)5-9/h7-11H,3-6H2,1-2H3,(H,18,19)/t9-,10+,11-/m0/s1. The van der Waals surface area contributed by atoms with Gasteiger partial charge in [0.1, 0.15) is 11.5 Å². The molecule has 1 aromatic carbocycles. The van der Waals surface area contributed by atoms with E-state index in [0.717, 1.165) is 12.3 Å². The van der Waals surface area contributed by atoms with E-state index in [1.54, 1.807) is 26.4 Å². The summed E-state index contributed by atoms with van der Waals surface area (Å²) in [5, 5.41) is 3.45. The minimum atomic E-state index is 0.0878. The van der Waals surface area contributed by atoms with Crippen LogP contribution < -0.4 is 14.8 Å². The zero-order valence-electron chi connectivity index (χ0n) is 12.3. The van der Waals surface area contributed by atoms with Gasteiger partial charge in [-0.2, -0.15) is 0 Å². The van der Waals surface area contributed by atoms with Crippen LogP contribution in [0.25, 0.3) is 0 Å². The van der Waals surface area contributed by atoms with Crippen LogP contribution in [0.5, 0.6) is 11.5 Å². The molecule has 0 aromatic heterocycles. The van der Waals surface area contributed by atoms with Crippen LogP contribution in [0.1, 0.15) is 25.7 Å².